The zero-order valence-corrected chi connectivity index (χ0v) is 21.1. The lowest BCUT2D eigenvalue weighted by Gasteiger charge is -2.46. The van der Waals surface area contributed by atoms with Crippen LogP contribution in [0.15, 0.2) is 18.2 Å². The second-order valence-electron chi connectivity index (χ2n) is 10.5. The minimum atomic E-state index is -0.492. The molecule has 3 heterocycles. The number of fused-ring (bicyclic) bond motifs is 1. The van der Waals surface area contributed by atoms with Crippen molar-refractivity contribution in [1.82, 2.24) is 20.0 Å². The number of benzene rings is 1. The van der Waals surface area contributed by atoms with Gasteiger partial charge in [0.2, 0.25) is 17.7 Å². The third kappa shape index (κ3) is 4.49. The number of hydrogen-bond acceptors (Lipinski definition) is 6. The van der Waals surface area contributed by atoms with E-state index >= 15 is 0 Å². The zero-order valence-electron chi connectivity index (χ0n) is 21.1. The highest BCUT2D eigenvalue weighted by molar-refractivity contribution is 6.03. The number of piperidine rings is 2. The summed E-state index contributed by atoms with van der Waals surface area (Å²) in [5.74, 6) is -1.13. The monoisotopic (exact) mass is 483 g/mol. The second-order valence-corrected chi connectivity index (χ2v) is 10.5. The molecule has 1 N–H and O–H groups in total. The quantitative estimate of drug-likeness (QED) is 0.672. The summed E-state index contributed by atoms with van der Waals surface area (Å²) in [6.45, 7) is 8.30. The maximum absolute atomic E-state index is 13.3. The fraction of sp³-hybridized carbons (Fsp3) is 0.560. The van der Waals surface area contributed by atoms with Gasteiger partial charge in [-0.05, 0) is 51.3 Å². The van der Waals surface area contributed by atoms with Crippen LogP contribution in [-0.4, -0.2) is 63.7 Å². The first-order valence-corrected chi connectivity index (χ1v) is 11.9. The van der Waals surface area contributed by atoms with Crippen molar-refractivity contribution >= 4 is 40.4 Å². The number of carbonyl (C=O) groups is 4. The maximum Gasteiger partial charge on any atom is 0.410 e. The number of methoxy groups -OCH3 is 1. The van der Waals surface area contributed by atoms with E-state index in [1.165, 1.54) is 7.11 Å². The molecule has 1 aromatic heterocycles. The Labute approximate surface area is 204 Å². The molecule has 0 aliphatic carbocycles. The number of ether oxygens (including phenoxy) is 1. The Morgan fingerprint density at radius 2 is 1.94 bits per heavy atom. The Morgan fingerprint density at radius 3 is 2.57 bits per heavy atom. The zero-order chi connectivity index (χ0) is 25.7. The topological polar surface area (TPSA) is 114 Å². The van der Waals surface area contributed by atoms with Gasteiger partial charge in [0, 0.05) is 49.1 Å². The van der Waals surface area contributed by atoms with E-state index in [4.69, 9.17) is 4.74 Å². The number of carbonyl (C=O) groups excluding carboxylic acids is 4. The van der Waals surface area contributed by atoms with Gasteiger partial charge < -0.3 is 9.64 Å². The van der Waals surface area contributed by atoms with Crippen molar-refractivity contribution in [3.05, 3.63) is 23.9 Å². The van der Waals surface area contributed by atoms with Gasteiger partial charge in [-0.2, -0.15) is 5.10 Å². The third-order valence-corrected chi connectivity index (χ3v) is 6.98. The molecule has 0 saturated carbocycles. The molecule has 1 aromatic carbocycles. The number of aryl methyl sites for hydroxylation is 1. The van der Waals surface area contributed by atoms with Gasteiger partial charge in [0.05, 0.1) is 24.2 Å². The van der Waals surface area contributed by atoms with E-state index in [0.29, 0.717) is 18.7 Å². The molecule has 35 heavy (non-hydrogen) atoms. The van der Waals surface area contributed by atoms with Crippen molar-refractivity contribution in [2.75, 3.05) is 18.6 Å². The summed E-state index contributed by atoms with van der Waals surface area (Å²) in [6, 6.07) is 5.39. The maximum atomic E-state index is 13.3. The fourth-order valence-corrected chi connectivity index (χ4v) is 5.26. The second kappa shape index (κ2) is 8.98. The van der Waals surface area contributed by atoms with Crippen LogP contribution in [0.2, 0.25) is 0 Å². The molecule has 2 fully saturated rings. The van der Waals surface area contributed by atoms with E-state index in [-0.39, 0.29) is 42.5 Å². The molecule has 1 unspecified atom stereocenters. The van der Waals surface area contributed by atoms with Crippen LogP contribution in [0.3, 0.4) is 0 Å². The van der Waals surface area contributed by atoms with Crippen molar-refractivity contribution in [2.45, 2.75) is 64.5 Å². The summed E-state index contributed by atoms with van der Waals surface area (Å²) in [6.07, 6.45) is 0.462. The number of anilines is 1. The van der Waals surface area contributed by atoms with E-state index in [1.54, 1.807) is 21.5 Å². The Bertz CT molecular complexity index is 1200. The fourth-order valence-electron chi connectivity index (χ4n) is 5.26. The molecular weight excluding hydrogens is 450 g/mol. The molecule has 3 atom stereocenters. The molecule has 10 heteroatoms. The van der Waals surface area contributed by atoms with Crippen molar-refractivity contribution in [1.29, 1.82) is 0 Å². The molecule has 2 aliphatic rings. The summed E-state index contributed by atoms with van der Waals surface area (Å²) >= 11 is 0. The van der Waals surface area contributed by atoms with Gasteiger partial charge >= 0.3 is 6.09 Å². The molecule has 188 valence electrons. The summed E-state index contributed by atoms with van der Waals surface area (Å²) < 4.78 is 6.73. The Balaban J connectivity index is 1.61. The van der Waals surface area contributed by atoms with Gasteiger partial charge in [0.15, 0.2) is 0 Å². The standard InChI is InChI=1S/C25H33N5O5/c1-14-13-29(21(32)12-18(14)30(24(34)35-6)25(2,3)4)15-7-8-16-19(11-15)28(5)27-22(16)17-9-10-20(31)26-23(17)33/h7-8,11,14,17-18H,9-10,12-13H2,1-6H3,(H,26,31,33)/t14-,17?,18+/m0/s1. The Morgan fingerprint density at radius 1 is 1.23 bits per heavy atom. The normalized spacial score (nSPS) is 23.4. The van der Waals surface area contributed by atoms with E-state index in [2.05, 4.69) is 10.4 Å². The van der Waals surface area contributed by atoms with Crippen molar-refractivity contribution in [3.8, 4) is 0 Å². The minimum Gasteiger partial charge on any atom is -0.453 e. The number of amides is 4. The van der Waals surface area contributed by atoms with E-state index in [0.717, 1.165) is 16.6 Å². The smallest absolute Gasteiger partial charge is 0.410 e. The minimum absolute atomic E-state index is 0.0206. The van der Waals surface area contributed by atoms with Crippen molar-refractivity contribution in [3.63, 3.8) is 0 Å². The molecule has 2 aliphatic heterocycles. The van der Waals surface area contributed by atoms with Crippen molar-refractivity contribution in [2.24, 2.45) is 13.0 Å². The molecule has 4 rings (SSSR count). The molecule has 0 spiro atoms. The number of nitrogens with zero attached hydrogens (tertiary/aromatic N) is 4. The number of hydrogen-bond donors (Lipinski definition) is 1. The van der Waals surface area contributed by atoms with Crippen LogP contribution in [0.25, 0.3) is 10.9 Å². The summed E-state index contributed by atoms with van der Waals surface area (Å²) in [7, 11) is 3.16. The van der Waals surface area contributed by atoms with Crippen LogP contribution in [0.4, 0.5) is 10.5 Å². The number of imide groups is 1. The molecule has 2 saturated heterocycles. The van der Waals surface area contributed by atoms with E-state index in [1.807, 2.05) is 45.9 Å². The SMILES string of the molecule is COC(=O)N([C@@H]1CC(=O)N(c2ccc3c(C4CCC(=O)NC4=O)nn(C)c3c2)C[C@@H]1C)C(C)(C)C. The van der Waals surface area contributed by atoms with Gasteiger partial charge in [-0.25, -0.2) is 4.79 Å². The van der Waals surface area contributed by atoms with Crippen LogP contribution in [0.1, 0.15) is 58.6 Å². The number of aromatic nitrogens is 2. The Kier molecular flexibility index (Phi) is 6.33. The van der Waals surface area contributed by atoms with Gasteiger partial charge in [-0.1, -0.05) is 6.92 Å². The van der Waals surface area contributed by atoms with Crippen LogP contribution >= 0.6 is 0 Å². The molecule has 4 amide bonds. The predicted molar refractivity (Wildman–Crippen MR) is 130 cm³/mol. The Hall–Kier alpha value is -3.43. The lowest BCUT2D eigenvalue weighted by molar-refractivity contribution is -0.134. The summed E-state index contributed by atoms with van der Waals surface area (Å²) in [5.41, 5.74) is 1.69. The van der Waals surface area contributed by atoms with Crippen LogP contribution in [-0.2, 0) is 26.2 Å². The van der Waals surface area contributed by atoms with E-state index in [9.17, 15) is 19.2 Å². The van der Waals surface area contributed by atoms with Gasteiger partial charge in [-0.3, -0.25) is 29.3 Å². The highest BCUT2D eigenvalue weighted by Gasteiger charge is 2.42. The molecule has 2 aromatic rings. The third-order valence-electron chi connectivity index (χ3n) is 6.98. The van der Waals surface area contributed by atoms with Crippen molar-refractivity contribution < 1.29 is 23.9 Å². The number of nitrogens with one attached hydrogen (secondary N) is 1. The lowest BCUT2D eigenvalue weighted by atomic mass is 9.88. The largest absolute Gasteiger partial charge is 0.453 e. The first-order chi connectivity index (χ1) is 16.4. The molecular formula is C25H33N5O5. The predicted octanol–water partition coefficient (Wildman–Crippen LogP) is 2.70. The van der Waals surface area contributed by atoms with Gasteiger partial charge in [0.1, 0.15) is 0 Å². The first-order valence-electron chi connectivity index (χ1n) is 11.9. The lowest BCUT2D eigenvalue weighted by Crippen LogP contribution is -2.59. The molecule has 0 bridgehead atoms. The van der Waals surface area contributed by atoms with Gasteiger partial charge in [-0.15, -0.1) is 0 Å². The highest BCUT2D eigenvalue weighted by atomic mass is 16.5. The number of rotatable bonds is 3. The summed E-state index contributed by atoms with van der Waals surface area (Å²) in [5, 5.41) is 7.80. The molecule has 10 nitrogen and oxygen atoms in total. The summed E-state index contributed by atoms with van der Waals surface area (Å²) in [4.78, 5) is 53.2. The highest BCUT2D eigenvalue weighted by Crippen LogP contribution is 2.35. The van der Waals surface area contributed by atoms with Crippen LogP contribution < -0.4 is 10.2 Å². The van der Waals surface area contributed by atoms with Crippen LogP contribution in [0.5, 0.6) is 0 Å². The average molecular weight is 484 g/mol. The van der Waals surface area contributed by atoms with Crippen LogP contribution in [0, 0.1) is 5.92 Å². The average Bonchev–Trinajstić information content (AvgIpc) is 3.10. The molecule has 0 radical (unpaired) electrons. The van der Waals surface area contributed by atoms with E-state index < -0.39 is 17.6 Å². The van der Waals surface area contributed by atoms with Gasteiger partial charge in [0.25, 0.3) is 0 Å². The first kappa shape index (κ1) is 24.7.